The Bertz CT molecular complexity index is 795. The molecule has 1 aromatic heterocycles. The van der Waals surface area contributed by atoms with E-state index < -0.39 is 0 Å². The lowest BCUT2D eigenvalue weighted by atomic mass is 10.1. The van der Waals surface area contributed by atoms with Gasteiger partial charge in [0, 0.05) is 42.1 Å². The van der Waals surface area contributed by atoms with Crippen LogP contribution in [0.3, 0.4) is 0 Å². The van der Waals surface area contributed by atoms with E-state index in [4.69, 9.17) is 4.74 Å². The van der Waals surface area contributed by atoms with Crippen LogP contribution in [-0.4, -0.2) is 61.1 Å². The molecule has 142 valence electrons. The fraction of sp³-hybridized carbons (Fsp3) is 0.316. The van der Waals surface area contributed by atoms with Crippen LogP contribution in [0, 0.1) is 3.57 Å². The molecule has 3 rings (SSSR count). The number of aromatic nitrogens is 1. The van der Waals surface area contributed by atoms with Crippen LogP contribution in [0.15, 0.2) is 42.7 Å². The number of rotatable bonds is 6. The van der Waals surface area contributed by atoms with Crippen LogP contribution in [-0.2, 0) is 4.74 Å². The monoisotopic (exact) mass is 480 g/mol. The molecule has 0 aliphatic carbocycles. The zero-order valence-electron chi connectivity index (χ0n) is 14.8. The minimum Gasteiger partial charge on any atom is -0.379 e. The second kappa shape index (κ2) is 9.77. The van der Waals surface area contributed by atoms with Crippen LogP contribution < -0.4 is 10.6 Å². The maximum Gasteiger partial charge on any atom is 0.257 e. The van der Waals surface area contributed by atoms with Gasteiger partial charge in [0.2, 0.25) is 0 Å². The standard InChI is InChI=1S/C19H21IN4O3/c20-15-3-4-17(23-18(25)14-2-1-5-21-13-14)16(12-15)19(26)22-6-7-24-8-10-27-11-9-24/h1-5,12-13H,6-11H2,(H,22,26)(H,23,25). The number of anilines is 1. The Labute approximate surface area is 171 Å². The van der Waals surface area contributed by atoms with Gasteiger partial charge in [-0.2, -0.15) is 0 Å². The molecule has 7 nitrogen and oxygen atoms in total. The second-order valence-electron chi connectivity index (χ2n) is 6.10. The predicted octanol–water partition coefficient (Wildman–Crippen LogP) is 2.00. The van der Waals surface area contributed by atoms with Crippen molar-refractivity contribution in [3.05, 3.63) is 57.4 Å². The number of hydrogen-bond acceptors (Lipinski definition) is 5. The van der Waals surface area contributed by atoms with Gasteiger partial charge >= 0.3 is 0 Å². The summed E-state index contributed by atoms with van der Waals surface area (Å²) in [5.41, 5.74) is 1.36. The fourth-order valence-electron chi connectivity index (χ4n) is 2.75. The summed E-state index contributed by atoms with van der Waals surface area (Å²) in [4.78, 5) is 31.2. The molecule has 2 aromatic rings. The first-order valence-electron chi connectivity index (χ1n) is 8.73. The molecular formula is C19H21IN4O3. The summed E-state index contributed by atoms with van der Waals surface area (Å²) in [6, 6.07) is 8.74. The van der Waals surface area contributed by atoms with Crippen LogP contribution in [0.1, 0.15) is 20.7 Å². The highest BCUT2D eigenvalue weighted by Gasteiger charge is 2.16. The lowest BCUT2D eigenvalue weighted by Crippen LogP contribution is -2.41. The van der Waals surface area contributed by atoms with E-state index in [9.17, 15) is 9.59 Å². The van der Waals surface area contributed by atoms with E-state index in [0.29, 0.717) is 23.4 Å². The highest BCUT2D eigenvalue weighted by Crippen LogP contribution is 2.20. The minimum absolute atomic E-state index is 0.205. The maximum absolute atomic E-state index is 12.7. The zero-order chi connectivity index (χ0) is 19.1. The SMILES string of the molecule is O=C(Nc1ccc(I)cc1C(=O)NCCN1CCOCC1)c1cccnc1. The molecule has 1 fully saturated rings. The van der Waals surface area contributed by atoms with Crippen molar-refractivity contribution in [3.8, 4) is 0 Å². The van der Waals surface area contributed by atoms with Gasteiger partial charge in [-0.15, -0.1) is 0 Å². The van der Waals surface area contributed by atoms with Gasteiger partial charge in [-0.25, -0.2) is 0 Å². The Kier molecular flexibility index (Phi) is 7.13. The summed E-state index contributed by atoms with van der Waals surface area (Å²) in [5, 5.41) is 5.74. The van der Waals surface area contributed by atoms with E-state index in [1.165, 1.54) is 6.20 Å². The number of carbonyl (C=O) groups is 2. The molecule has 8 heteroatoms. The van der Waals surface area contributed by atoms with Crippen LogP contribution >= 0.6 is 22.6 Å². The summed E-state index contributed by atoms with van der Waals surface area (Å²) in [5.74, 6) is -0.505. The van der Waals surface area contributed by atoms with E-state index in [2.05, 4.69) is 43.1 Å². The van der Waals surface area contributed by atoms with Crippen molar-refractivity contribution in [1.82, 2.24) is 15.2 Å². The van der Waals surface area contributed by atoms with Gasteiger partial charge in [0.1, 0.15) is 0 Å². The molecule has 2 amide bonds. The molecule has 0 radical (unpaired) electrons. The molecular weight excluding hydrogens is 459 g/mol. The molecule has 1 aliphatic rings. The van der Waals surface area contributed by atoms with E-state index in [1.54, 1.807) is 30.5 Å². The third-order valence-corrected chi connectivity index (χ3v) is 4.89. The number of halogens is 1. The topological polar surface area (TPSA) is 83.6 Å². The van der Waals surface area contributed by atoms with E-state index >= 15 is 0 Å². The Morgan fingerprint density at radius 3 is 2.74 bits per heavy atom. The third-order valence-electron chi connectivity index (χ3n) is 4.22. The summed E-state index contributed by atoms with van der Waals surface area (Å²) in [6.45, 7) is 4.54. The van der Waals surface area contributed by atoms with Gasteiger partial charge in [-0.1, -0.05) is 0 Å². The van der Waals surface area contributed by atoms with Gasteiger partial charge in [-0.05, 0) is 52.9 Å². The number of pyridine rings is 1. The Morgan fingerprint density at radius 1 is 1.19 bits per heavy atom. The molecule has 2 heterocycles. The molecule has 1 aromatic carbocycles. The van der Waals surface area contributed by atoms with Crippen molar-refractivity contribution < 1.29 is 14.3 Å². The highest BCUT2D eigenvalue weighted by atomic mass is 127. The molecule has 0 spiro atoms. The number of benzene rings is 1. The largest absolute Gasteiger partial charge is 0.379 e. The van der Waals surface area contributed by atoms with Crippen molar-refractivity contribution in [2.75, 3.05) is 44.7 Å². The predicted molar refractivity (Wildman–Crippen MR) is 111 cm³/mol. The van der Waals surface area contributed by atoms with Crippen molar-refractivity contribution in [3.63, 3.8) is 0 Å². The number of ether oxygens (including phenoxy) is 1. The maximum atomic E-state index is 12.7. The molecule has 0 atom stereocenters. The first-order valence-corrected chi connectivity index (χ1v) is 9.80. The van der Waals surface area contributed by atoms with Crippen LogP contribution in [0.5, 0.6) is 0 Å². The fourth-order valence-corrected chi connectivity index (χ4v) is 3.24. The first kappa shape index (κ1) is 19.7. The van der Waals surface area contributed by atoms with E-state index in [1.807, 2.05) is 6.07 Å². The van der Waals surface area contributed by atoms with Crippen molar-refractivity contribution in [1.29, 1.82) is 0 Å². The number of carbonyl (C=O) groups excluding carboxylic acids is 2. The van der Waals surface area contributed by atoms with Crippen LogP contribution in [0.25, 0.3) is 0 Å². The Morgan fingerprint density at radius 2 is 2.00 bits per heavy atom. The molecule has 0 bridgehead atoms. The number of morpholine rings is 1. The number of nitrogens with zero attached hydrogens (tertiary/aromatic N) is 2. The van der Waals surface area contributed by atoms with Gasteiger partial charge in [-0.3, -0.25) is 19.5 Å². The smallest absolute Gasteiger partial charge is 0.257 e. The van der Waals surface area contributed by atoms with E-state index in [0.717, 1.165) is 36.4 Å². The van der Waals surface area contributed by atoms with Gasteiger partial charge < -0.3 is 15.4 Å². The lowest BCUT2D eigenvalue weighted by Gasteiger charge is -2.26. The average Bonchev–Trinajstić information content (AvgIpc) is 2.70. The van der Waals surface area contributed by atoms with Crippen molar-refractivity contribution in [2.24, 2.45) is 0 Å². The second-order valence-corrected chi connectivity index (χ2v) is 7.34. The van der Waals surface area contributed by atoms with Crippen LogP contribution in [0.4, 0.5) is 5.69 Å². The summed E-state index contributed by atoms with van der Waals surface area (Å²) >= 11 is 2.15. The number of amides is 2. The normalized spacial score (nSPS) is 14.6. The third kappa shape index (κ3) is 5.72. The number of nitrogens with one attached hydrogen (secondary N) is 2. The molecule has 2 N–H and O–H groups in total. The van der Waals surface area contributed by atoms with Gasteiger partial charge in [0.15, 0.2) is 0 Å². The van der Waals surface area contributed by atoms with Crippen LogP contribution in [0.2, 0.25) is 0 Å². The minimum atomic E-state index is -0.299. The van der Waals surface area contributed by atoms with Gasteiger partial charge in [0.05, 0.1) is 30.0 Å². The zero-order valence-corrected chi connectivity index (χ0v) is 16.9. The molecule has 1 aliphatic heterocycles. The molecule has 27 heavy (non-hydrogen) atoms. The highest BCUT2D eigenvalue weighted by molar-refractivity contribution is 14.1. The van der Waals surface area contributed by atoms with E-state index in [-0.39, 0.29) is 11.8 Å². The van der Waals surface area contributed by atoms with Crippen molar-refractivity contribution >= 4 is 40.1 Å². The lowest BCUT2D eigenvalue weighted by molar-refractivity contribution is 0.0383. The molecule has 0 unspecified atom stereocenters. The molecule has 0 saturated carbocycles. The Balaban J connectivity index is 1.64. The summed E-state index contributed by atoms with van der Waals surface area (Å²) in [7, 11) is 0. The molecule has 1 saturated heterocycles. The van der Waals surface area contributed by atoms with Crippen molar-refractivity contribution in [2.45, 2.75) is 0 Å². The Hall–Kier alpha value is -2.04. The average molecular weight is 480 g/mol. The number of hydrogen-bond donors (Lipinski definition) is 2. The quantitative estimate of drug-likeness (QED) is 0.619. The summed E-state index contributed by atoms with van der Waals surface area (Å²) in [6.07, 6.45) is 3.10. The van der Waals surface area contributed by atoms with Gasteiger partial charge in [0.25, 0.3) is 11.8 Å². The summed E-state index contributed by atoms with van der Waals surface area (Å²) < 4.78 is 6.25. The first-order chi connectivity index (χ1) is 13.1.